The second-order valence-corrected chi connectivity index (χ2v) is 3.68. The minimum absolute atomic E-state index is 0.252. The number of hydrogen-bond donors (Lipinski definition) is 0. The van der Waals surface area contributed by atoms with E-state index in [0.717, 1.165) is 10.0 Å². The summed E-state index contributed by atoms with van der Waals surface area (Å²) in [5.41, 5.74) is 1.54. The monoisotopic (exact) mass is 238 g/mol. The van der Waals surface area contributed by atoms with E-state index in [1.165, 1.54) is 0 Å². The largest absolute Gasteiger partial charge is 0.457 e. The van der Waals surface area contributed by atoms with Crippen LogP contribution in [0.4, 0.5) is 0 Å². The van der Waals surface area contributed by atoms with Crippen molar-refractivity contribution in [3.8, 4) is 0 Å². The third-order valence-electron chi connectivity index (χ3n) is 1.87. The van der Waals surface area contributed by atoms with Gasteiger partial charge < -0.3 is 4.74 Å². The lowest BCUT2D eigenvalue weighted by Gasteiger charge is -1.98. The van der Waals surface area contributed by atoms with Gasteiger partial charge in [0.15, 0.2) is 0 Å². The molecule has 2 rings (SSSR count). The number of hydrogen-bond acceptors (Lipinski definition) is 2. The molecule has 1 aromatic rings. The van der Waals surface area contributed by atoms with Crippen molar-refractivity contribution in [1.29, 1.82) is 0 Å². The number of rotatable bonds is 1. The van der Waals surface area contributed by atoms with Crippen molar-refractivity contribution in [1.82, 2.24) is 0 Å². The fraction of sp³-hybridized carbons (Fsp3) is 0.100. The van der Waals surface area contributed by atoms with Crippen LogP contribution in [0.25, 0.3) is 5.57 Å². The van der Waals surface area contributed by atoms with Gasteiger partial charge in [-0.2, -0.15) is 0 Å². The van der Waals surface area contributed by atoms with Crippen LogP contribution in [-0.2, 0) is 9.53 Å². The molecule has 0 aromatic heterocycles. The highest BCUT2D eigenvalue weighted by Gasteiger charge is 2.24. The fourth-order valence-electron chi connectivity index (χ4n) is 1.26. The quantitative estimate of drug-likeness (QED) is 0.703. The van der Waals surface area contributed by atoms with Crippen molar-refractivity contribution in [2.24, 2.45) is 0 Å². The van der Waals surface area contributed by atoms with Gasteiger partial charge in [0.05, 0.1) is 5.57 Å². The molecule has 0 radical (unpaired) electrons. The van der Waals surface area contributed by atoms with Gasteiger partial charge in [-0.05, 0) is 5.56 Å². The third kappa shape index (κ3) is 1.52. The molecule has 0 atom stereocenters. The summed E-state index contributed by atoms with van der Waals surface area (Å²) in [5, 5.41) is 0. The zero-order valence-corrected chi connectivity index (χ0v) is 8.37. The molecule has 0 saturated heterocycles. The minimum Gasteiger partial charge on any atom is -0.457 e. The molecule has 1 aliphatic heterocycles. The predicted molar refractivity (Wildman–Crippen MR) is 53.2 cm³/mol. The van der Waals surface area contributed by atoms with Crippen molar-refractivity contribution in [2.75, 3.05) is 6.61 Å². The Balaban J connectivity index is 2.47. The predicted octanol–water partition coefficient (Wildman–Crippen LogP) is 2.35. The van der Waals surface area contributed by atoms with Gasteiger partial charge >= 0.3 is 5.97 Å². The Morgan fingerprint density at radius 1 is 1.23 bits per heavy atom. The van der Waals surface area contributed by atoms with Crippen LogP contribution in [0.5, 0.6) is 0 Å². The highest BCUT2D eigenvalue weighted by atomic mass is 79.9. The maximum atomic E-state index is 11.3. The molecule has 3 heteroatoms. The maximum Gasteiger partial charge on any atom is 0.340 e. The lowest BCUT2D eigenvalue weighted by atomic mass is 10.1. The first kappa shape index (κ1) is 8.51. The SMILES string of the molecule is O=C1OCC(Br)=C1c1ccccc1. The van der Waals surface area contributed by atoms with Gasteiger partial charge in [0, 0.05) is 4.48 Å². The molecular weight excluding hydrogens is 232 g/mol. The van der Waals surface area contributed by atoms with E-state index < -0.39 is 0 Å². The van der Waals surface area contributed by atoms with E-state index >= 15 is 0 Å². The zero-order chi connectivity index (χ0) is 9.26. The van der Waals surface area contributed by atoms with Crippen molar-refractivity contribution in [2.45, 2.75) is 0 Å². The van der Waals surface area contributed by atoms with Crippen LogP contribution < -0.4 is 0 Å². The number of cyclic esters (lactones) is 1. The van der Waals surface area contributed by atoms with Crippen LogP contribution in [0.3, 0.4) is 0 Å². The van der Waals surface area contributed by atoms with Crippen LogP contribution in [0.15, 0.2) is 34.8 Å². The molecular formula is C10H7BrO2. The van der Waals surface area contributed by atoms with Crippen LogP contribution >= 0.6 is 15.9 Å². The van der Waals surface area contributed by atoms with Gasteiger partial charge in [0.25, 0.3) is 0 Å². The summed E-state index contributed by atoms with van der Waals surface area (Å²) < 4.78 is 5.70. The lowest BCUT2D eigenvalue weighted by molar-refractivity contribution is -0.133. The van der Waals surface area contributed by atoms with E-state index in [-0.39, 0.29) is 5.97 Å². The average Bonchev–Trinajstić information content (AvgIpc) is 2.48. The van der Waals surface area contributed by atoms with Gasteiger partial charge in [0.2, 0.25) is 0 Å². The van der Waals surface area contributed by atoms with Gasteiger partial charge in [0.1, 0.15) is 6.61 Å². The molecule has 1 aromatic carbocycles. The van der Waals surface area contributed by atoms with E-state index in [2.05, 4.69) is 15.9 Å². The first-order valence-electron chi connectivity index (χ1n) is 3.90. The lowest BCUT2D eigenvalue weighted by Crippen LogP contribution is -1.97. The fourth-order valence-corrected chi connectivity index (χ4v) is 1.77. The Morgan fingerprint density at radius 3 is 2.46 bits per heavy atom. The van der Waals surface area contributed by atoms with Crippen molar-refractivity contribution in [3.05, 3.63) is 40.4 Å². The highest BCUT2D eigenvalue weighted by Crippen LogP contribution is 2.29. The summed E-state index contributed by atoms with van der Waals surface area (Å²) in [7, 11) is 0. The molecule has 0 N–H and O–H groups in total. The normalized spacial score (nSPS) is 16.2. The van der Waals surface area contributed by atoms with Gasteiger partial charge in [-0.1, -0.05) is 46.3 Å². The molecule has 0 spiro atoms. The minimum atomic E-state index is -0.252. The number of esters is 1. The Morgan fingerprint density at radius 2 is 1.92 bits per heavy atom. The smallest absolute Gasteiger partial charge is 0.340 e. The van der Waals surface area contributed by atoms with E-state index in [0.29, 0.717) is 12.2 Å². The van der Waals surface area contributed by atoms with Crippen LogP contribution in [0, 0.1) is 0 Å². The zero-order valence-electron chi connectivity index (χ0n) is 6.79. The Labute approximate surface area is 84.3 Å². The molecule has 0 aliphatic carbocycles. The molecule has 0 fully saturated rings. The molecule has 0 saturated carbocycles. The van der Waals surface area contributed by atoms with Gasteiger partial charge in [-0.3, -0.25) is 0 Å². The summed E-state index contributed by atoms with van der Waals surface area (Å²) in [5.74, 6) is -0.252. The summed E-state index contributed by atoms with van der Waals surface area (Å²) in [6.45, 7) is 0.350. The topological polar surface area (TPSA) is 26.3 Å². The van der Waals surface area contributed by atoms with E-state index in [1.54, 1.807) is 0 Å². The van der Waals surface area contributed by atoms with Crippen molar-refractivity contribution < 1.29 is 9.53 Å². The second kappa shape index (κ2) is 3.34. The van der Waals surface area contributed by atoms with Gasteiger partial charge in [-0.25, -0.2) is 4.79 Å². The highest BCUT2D eigenvalue weighted by molar-refractivity contribution is 9.11. The summed E-state index contributed by atoms with van der Waals surface area (Å²) in [4.78, 5) is 11.3. The maximum absolute atomic E-state index is 11.3. The summed E-state index contributed by atoms with van der Waals surface area (Å²) in [6, 6.07) is 9.49. The number of ether oxygens (including phenoxy) is 1. The Kier molecular flexibility index (Phi) is 2.19. The second-order valence-electron chi connectivity index (χ2n) is 2.72. The van der Waals surface area contributed by atoms with Crippen LogP contribution in [0.1, 0.15) is 5.56 Å². The van der Waals surface area contributed by atoms with E-state index in [9.17, 15) is 4.79 Å². The summed E-state index contributed by atoms with van der Waals surface area (Å²) >= 11 is 3.32. The van der Waals surface area contributed by atoms with Crippen LogP contribution in [0.2, 0.25) is 0 Å². The number of benzene rings is 1. The van der Waals surface area contributed by atoms with Crippen molar-refractivity contribution >= 4 is 27.5 Å². The molecule has 0 bridgehead atoms. The molecule has 0 unspecified atom stereocenters. The third-order valence-corrected chi connectivity index (χ3v) is 2.49. The average molecular weight is 239 g/mol. The molecule has 1 heterocycles. The molecule has 1 aliphatic rings. The van der Waals surface area contributed by atoms with Gasteiger partial charge in [-0.15, -0.1) is 0 Å². The first-order valence-corrected chi connectivity index (χ1v) is 4.69. The number of carbonyl (C=O) groups is 1. The van der Waals surface area contributed by atoms with Crippen molar-refractivity contribution in [3.63, 3.8) is 0 Å². The Hall–Kier alpha value is -1.09. The first-order chi connectivity index (χ1) is 6.29. The Bertz CT molecular complexity index is 368. The van der Waals surface area contributed by atoms with E-state index in [1.807, 2.05) is 30.3 Å². The standard InChI is InChI=1S/C10H7BrO2/c11-8-6-13-10(12)9(8)7-4-2-1-3-5-7/h1-5H,6H2. The molecule has 13 heavy (non-hydrogen) atoms. The number of carbonyl (C=O) groups excluding carboxylic acids is 1. The summed E-state index contributed by atoms with van der Waals surface area (Å²) in [6.07, 6.45) is 0. The number of halogens is 1. The molecule has 66 valence electrons. The van der Waals surface area contributed by atoms with E-state index in [4.69, 9.17) is 4.74 Å². The van der Waals surface area contributed by atoms with Crippen LogP contribution in [-0.4, -0.2) is 12.6 Å². The molecule has 0 amide bonds. The molecule has 2 nitrogen and oxygen atoms in total.